The van der Waals surface area contributed by atoms with Crippen LogP contribution in [0.25, 0.3) is 0 Å². The molecule has 1 unspecified atom stereocenters. The molecule has 1 rings (SSSR count). The summed E-state index contributed by atoms with van der Waals surface area (Å²) in [6, 6.07) is 1.09. The first kappa shape index (κ1) is 13.1. The summed E-state index contributed by atoms with van der Waals surface area (Å²) in [5.74, 6) is -0.591. The summed E-state index contributed by atoms with van der Waals surface area (Å²) in [4.78, 5) is 23.7. The summed E-state index contributed by atoms with van der Waals surface area (Å²) in [5, 5.41) is 30.9. The van der Waals surface area contributed by atoms with Crippen molar-refractivity contribution in [2.75, 3.05) is 13.2 Å². The van der Waals surface area contributed by atoms with Crippen LogP contribution in [0.3, 0.4) is 0 Å². The van der Waals surface area contributed by atoms with Gasteiger partial charge in [0.2, 0.25) is 0 Å². The smallest absolute Gasteiger partial charge is 0.287 e. The monoisotopic (exact) mass is 243 g/mol. The van der Waals surface area contributed by atoms with E-state index in [-0.39, 0.29) is 17.9 Å². The summed E-state index contributed by atoms with van der Waals surface area (Å²) in [7, 11) is 0. The third-order valence-corrected chi connectivity index (χ3v) is 2.09. The molecule has 0 bridgehead atoms. The van der Waals surface area contributed by atoms with Crippen molar-refractivity contribution in [1.82, 2.24) is 10.3 Å². The predicted molar refractivity (Wildman–Crippen MR) is 57.5 cm³/mol. The minimum atomic E-state index is -1.42. The Balaban J connectivity index is 2.61. The molecule has 1 heterocycles. The Labute approximate surface area is 96.4 Å². The molecule has 1 aromatic rings. The number of aromatic amines is 1. The Kier molecular flexibility index (Phi) is 3.81. The minimum Gasteiger partial charge on any atom is -0.393 e. The third-order valence-electron chi connectivity index (χ3n) is 2.09. The van der Waals surface area contributed by atoms with Gasteiger partial charge in [-0.25, -0.2) is 0 Å². The highest BCUT2D eigenvalue weighted by molar-refractivity contribution is 5.93. The lowest BCUT2D eigenvalue weighted by molar-refractivity contribution is -0.384. The quantitative estimate of drug-likeness (QED) is 0.405. The van der Waals surface area contributed by atoms with Crippen LogP contribution in [0.15, 0.2) is 12.3 Å². The van der Waals surface area contributed by atoms with Crippen molar-refractivity contribution in [3.05, 3.63) is 28.1 Å². The van der Waals surface area contributed by atoms with Gasteiger partial charge in [0, 0.05) is 12.6 Å². The van der Waals surface area contributed by atoms with Crippen molar-refractivity contribution in [3.63, 3.8) is 0 Å². The van der Waals surface area contributed by atoms with Gasteiger partial charge in [-0.2, -0.15) is 0 Å². The number of aliphatic hydroxyl groups excluding tert-OH is 1. The standard InChI is InChI=1S/C9H13N3O5/c1-9(15,5-13)4-11-8(14)7-2-6(3-10-7)12(16)17/h2-3,10,13,15H,4-5H2,1H3,(H,11,14). The van der Waals surface area contributed by atoms with Gasteiger partial charge in [-0.05, 0) is 6.92 Å². The van der Waals surface area contributed by atoms with E-state index >= 15 is 0 Å². The maximum atomic E-state index is 11.5. The molecule has 1 aromatic heterocycles. The highest BCUT2D eigenvalue weighted by Gasteiger charge is 2.21. The predicted octanol–water partition coefficient (Wildman–Crippen LogP) is -0.604. The maximum absolute atomic E-state index is 11.5. The Morgan fingerprint density at radius 1 is 1.71 bits per heavy atom. The minimum absolute atomic E-state index is 0.0189. The van der Waals surface area contributed by atoms with Gasteiger partial charge in [0.15, 0.2) is 0 Å². The molecule has 94 valence electrons. The summed E-state index contributed by atoms with van der Waals surface area (Å²) in [6.07, 6.45) is 1.10. The molecular formula is C9H13N3O5. The number of aliphatic hydroxyl groups is 2. The van der Waals surface area contributed by atoms with Crippen molar-refractivity contribution in [2.24, 2.45) is 0 Å². The molecule has 0 saturated heterocycles. The Hall–Kier alpha value is -1.93. The van der Waals surface area contributed by atoms with Crippen molar-refractivity contribution in [1.29, 1.82) is 0 Å². The van der Waals surface area contributed by atoms with Crippen molar-refractivity contribution < 1.29 is 19.9 Å². The number of hydrogen-bond donors (Lipinski definition) is 4. The number of aromatic nitrogens is 1. The summed E-state index contributed by atoms with van der Waals surface area (Å²) >= 11 is 0. The molecule has 8 nitrogen and oxygen atoms in total. The SMILES string of the molecule is CC(O)(CO)CNC(=O)c1cc([N+](=O)[O-])c[nH]1. The van der Waals surface area contributed by atoms with Gasteiger partial charge in [-0.15, -0.1) is 0 Å². The largest absolute Gasteiger partial charge is 0.393 e. The van der Waals surface area contributed by atoms with Gasteiger partial charge in [-0.3, -0.25) is 14.9 Å². The zero-order chi connectivity index (χ0) is 13.1. The van der Waals surface area contributed by atoms with Gasteiger partial charge in [0.1, 0.15) is 11.3 Å². The van der Waals surface area contributed by atoms with Crippen LogP contribution in [-0.2, 0) is 0 Å². The number of nitrogens with zero attached hydrogens (tertiary/aromatic N) is 1. The molecule has 0 aromatic carbocycles. The number of rotatable bonds is 5. The van der Waals surface area contributed by atoms with E-state index in [2.05, 4.69) is 10.3 Å². The highest BCUT2D eigenvalue weighted by Crippen LogP contribution is 2.12. The van der Waals surface area contributed by atoms with Gasteiger partial charge in [0.05, 0.1) is 17.7 Å². The van der Waals surface area contributed by atoms with E-state index in [1.54, 1.807) is 0 Å². The second-order valence-corrected chi connectivity index (χ2v) is 3.87. The maximum Gasteiger partial charge on any atom is 0.287 e. The van der Waals surface area contributed by atoms with E-state index in [9.17, 15) is 20.0 Å². The molecule has 0 aliphatic heterocycles. The first-order chi connectivity index (χ1) is 7.85. The number of amides is 1. The molecule has 0 spiro atoms. The molecular weight excluding hydrogens is 230 g/mol. The van der Waals surface area contributed by atoms with E-state index in [4.69, 9.17) is 5.11 Å². The lowest BCUT2D eigenvalue weighted by Gasteiger charge is -2.20. The molecule has 0 radical (unpaired) electrons. The number of hydrogen-bond acceptors (Lipinski definition) is 5. The van der Waals surface area contributed by atoms with Crippen molar-refractivity contribution >= 4 is 11.6 Å². The Morgan fingerprint density at radius 2 is 2.35 bits per heavy atom. The van der Waals surface area contributed by atoms with Crippen LogP contribution in [0.2, 0.25) is 0 Å². The van der Waals surface area contributed by atoms with Crippen molar-refractivity contribution in [2.45, 2.75) is 12.5 Å². The molecule has 0 fully saturated rings. The second-order valence-electron chi connectivity index (χ2n) is 3.87. The second kappa shape index (κ2) is 4.93. The molecule has 17 heavy (non-hydrogen) atoms. The molecule has 4 N–H and O–H groups in total. The number of carbonyl (C=O) groups excluding carboxylic acids is 1. The molecule has 0 aliphatic rings. The zero-order valence-electron chi connectivity index (χ0n) is 9.14. The van der Waals surface area contributed by atoms with E-state index in [1.165, 1.54) is 6.92 Å². The Morgan fingerprint density at radius 3 is 2.82 bits per heavy atom. The first-order valence-corrected chi connectivity index (χ1v) is 4.80. The van der Waals surface area contributed by atoms with Crippen LogP contribution in [0.4, 0.5) is 5.69 Å². The van der Waals surface area contributed by atoms with Crippen molar-refractivity contribution in [3.8, 4) is 0 Å². The van der Waals surface area contributed by atoms with Crippen LogP contribution in [0, 0.1) is 10.1 Å². The van der Waals surface area contributed by atoms with E-state index < -0.39 is 23.0 Å². The average molecular weight is 243 g/mol. The normalized spacial score (nSPS) is 14.1. The Bertz CT molecular complexity index is 426. The van der Waals surface area contributed by atoms with Gasteiger partial charge in [-0.1, -0.05) is 0 Å². The average Bonchev–Trinajstić information content (AvgIpc) is 2.75. The van der Waals surface area contributed by atoms with Crippen LogP contribution >= 0.6 is 0 Å². The summed E-state index contributed by atoms with van der Waals surface area (Å²) in [6.45, 7) is 0.692. The van der Waals surface area contributed by atoms with E-state index in [0.29, 0.717) is 0 Å². The molecule has 1 atom stereocenters. The molecule has 8 heteroatoms. The number of H-pyrrole nitrogens is 1. The van der Waals surface area contributed by atoms with E-state index in [0.717, 1.165) is 12.3 Å². The third kappa shape index (κ3) is 3.54. The number of nitro groups is 1. The van der Waals surface area contributed by atoms with Gasteiger partial charge < -0.3 is 20.5 Å². The molecule has 0 aliphatic carbocycles. The highest BCUT2D eigenvalue weighted by atomic mass is 16.6. The van der Waals surface area contributed by atoms with Gasteiger partial charge >= 0.3 is 0 Å². The molecule has 1 amide bonds. The summed E-state index contributed by atoms with van der Waals surface area (Å²) < 4.78 is 0. The van der Waals surface area contributed by atoms with Crippen LogP contribution in [0.5, 0.6) is 0 Å². The van der Waals surface area contributed by atoms with Crippen LogP contribution in [-0.4, -0.2) is 44.8 Å². The zero-order valence-corrected chi connectivity index (χ0v) is 9.14. The van der Waals surface area contributed by atoms with Crippen LogP contribution in [0.1, 0.15) is 17.4 Å². The topological polar surface area (TPSA) is 128 Å². The lowest BCUT2D eigenvalue weighted by Crippen LogP contribution is -2.43. The number of carbonyl (C=O) groups is 1. The lowest BCUT2D eigenvalue weighted by atomic mass is 10.1. The number of nitrogens with one attached hydrogen (secondary N) is 2. The molecule has 0 saturated carbocycles. The fraction of sp³-hybridized carbons (Fsp3) is 0.444. The van der Waals surface area contributed by atoms with Crippen LogP contribution < -0.4 is 5.32 Å². The van der Waals surface area contributed by atoms with Gasteiger partial charge in [0.25, 0.3) is 11.6 Å². The fourth-order valence-electron chi connectivity index (χ4n) is 1.04. The fourth-order valence-corrected chi connectivity index (χ4v) is 1.04. The first-order valence-electron chi connectivity index (χ1n) is 4.80. The van der Waals surface area contributed by atoms with E-state index in [1.807, 2.05) is 0 Å². The summed E-state index contributed by atoms with van der Waals surface area (Å²) in [5.41, 5.74) is -1.62.